The number of halogens is 1. The van der Waals surface area contributed by atoms with Crippen LogP contribution in [0.2, 0.25) is 5.02 Å². The van der Waals surface area contributed by atoms with Crippen molar-refractivity contribution in [2.45, 2.75) is 18.3 Å². The first kappa shape index (κ1) is 15.1. The Labute approximate surface area is 144 Å². The number of benzene rings is 2. The Morgan fingerprint density at radius 2 is 1.83 bits per heavy atom. The molecule has 6 heteroatoms. The lowest BCUT2D eigenvalue weighted by molar-refractivity contribution is 0.174. The molecule has 24 heavy (non-hydrogen) atoms. The first-order valence-electron chi connectivity index (χ1n) is 7.85. The third kappa shape index (κ3) is 2.99. The summed E-state index contributed by atoms with van der Waals surface area (Å²) in [5.74, 6) is 1.34. The molecule has 0 saturated heterocycles. The Kier molecular flexibility index (Phi) is 3.73. The fourth-order valence-electron chi connectivity index (χ4n) is 2.92. The van der Waals surface area contributed by atoms with E-state index in [-0.39, 0.29) is 18.2 Å². The number of rotatable bonds is 4. The Morgan fingerprint density at radius 3 is 2.58 bits per heavy atom. The smallest absolute Gasteiger partial charge is 0.319 e. The van der Waals surface area contributed by atoms with Crippen molar-refractivity contribution in [3.8, 4) is 11.5 Å². The molecule has 1 aliphatic heterocycles. The van der Waals surface area contributed by atoms with Gasteiger partial charge in [0.15, 0.2) is 11.5 Å². The molecule has 2 aromatic carbocycles. The molecule has 5 nitrogen and oxygen atoms in total. The number of carbonyl (C=O) groups is 1. The first-order chi connectivity index (χ1) is 11.6. The molecule has 1 heterocycles. The SMILES string of the molecule is O=C(NCC1(c2ccc(Cl)cc2)CC1)Nc1ccc2c(c1)OCO2. The van der Waals surface area contributed by atoms with Gasteiger partial charge in [0.25, 0.3) is 0 Å². The maximum atomic E-state index is 12.2. The second kappa shape index (κ2) is 5.91. The van der Waals surface area contributed by atoms with Crippen LogP contribution in [-0.4, -0.2) is 19.4 Å². The van der Waals surface area contributed by atoms with Gasteiger partial charge in [0.1, 0.15) is 0 Å². The maximum Gasteiger partial charge on any atom is 0.319 e. The van der Waals surface area contributed by atoms with Crippen molar-refractivity contribution in [3.05, 3.63) is 53.1 Å². The molecule has 2 N–H and O–H groups in total. The summed E-state index contributed by atoms with van der Waals surface area (Å²) in [7, 11) is 0. The van der Waals surface area contributed by atoms with E-state index in [1.165, 1.54) is 5.56 Å². The highest BCUT2D eigenvalue weighted by atomic mass is 35.5. The third-order valence-electron chi connectivity index (χ3n) is 4.53. The molecule has 0 bridgehead atoms. The van der Waals surface area contributed by atoms with Crippen LogP contribution in [0.25, 0.3) is 0 Å². The van der Waals surface area contributed by atoms with Crippen molar-refractivity contribution in [1.29, 1.82) is 0 Å². The summed E-state index contributed by atoms with van der Waals surface area (Å²) in [6.45, 7) is 0.819. The van der Waals surface area contributed by atoms with Gasteiger partial charge in [0, 0.05) is 28.7 Å². The topological polar surface area (TPSA) is 59.6 Å². The summed E-state index contributed by atoms with van der Waals surface area (Å²) in [4.78, 5) is 12.2. The van der Waals surface area contributed by atoms with Crippen molar-refractivity contribution >= 4 is 23.3 Å². The summed E-state index contributed by atoms with van der Waals surface area (Å²) < 4.78 is 10.6. The Hall–Kier alpha value is -2.40. The standard InChI is InChI=1S/C18H17ClN2O3/c19-13-3-1-12(2-4-13)18(7-8-18)10-20-17(22)21-14-5-6-15-16(9-14)24-11-23-15/h1-6,9H,7-8,10-11H2,(H2,20,21,22). The minimum Gasteiger partial charge on any atom is -0.454 e. The molecule has 0 radical (unpaired) electrons. The van der Waals surface area contributed by atoms with Gasteiger partial charge in [0.05, 0.1) is 0 Å². The van der Waals surface area contributed by atoms with E-state index in [4.69, 9.17) is 21.1 Å². The van der Waals surface area contributed by atoms with Crippen LogP contribution in [0.1, 0.15) is 18.4 Å². The quantitative estimate of drug-likeness (QED) is 0.883. The van der Waals surface area contributed by atoms with Crippen LogP contribution in [0.3, 0.4) is 0 Å². The summed E-state index contributed by atoms with van der Waals surface area (Å²) >= 11 is 5.94. The predicted molar refractivity (Wildman–Crippen MR) is 92.0 cm³/mol. The second-order valence-corrected chi connectivity index (χ2v) is 6.60. The molecule has 0 unspecified atom stereocenters. The monoisotopic (exact) mass is 344 g/mol. The summed E-state index contributed by atoms with van der Waals surface area (Å²) in [5.41, 5.74) is 1.93. The van der Waals surface area contributed by atoms with Crippen LogP contribution in [-0.2, 0) is 5.41 Å². The number of nitrogens with one attached hydrogen (secondary N) is 2. The van der Waals surface area contributed by atoms with Crippen molar-refractivity contribution in [2.24, 2.45) is 0 Å². The lowest BCUT2D eigenvalue weighted by Gasteiger charge is -2.17. The van der Waals surface area contributed by atoms with Gasteiger partial charge < -0.3 is 20.1 Å². The van der Waals surface area contributed by atoms with Crippen molar-refractivity contribution in [2.75, 3.05) is 18.7 Å². The number of amides is 2. The molecule has 0 atom stereocenters. The van der Waals surface area contributed by atoms with Gasteiger partial charge in [-0.05, 0) is 42.7 Å². The molecule has 2 aliphatic rings. The van der Waals surface area contributed by atoms with E-state index in [1.807, 2.05) is 24.3 Å². The van der Waals surface area contributed by atoms with Gasteiger partial charge in [-0.3, -0.25) is 0 Å². The summed E-state index contributed by atoms with van der Waals surface area (Å²) in [5, 5.41) is 6.51. The highest BCUT2D eigenvalue weighted by Gasteiger charge is 2.44. The zero-order chi connectivity index (χ0) is 16.6. The molecule has 0 aromatic heterocycles. The minimum atomic E-state index is -0.228. The molecule has 2 amide bonds. The number of hydrogen-bond acceptors (Lipinski definition) is 3. The van der Waals surface area contributed by atoms with Gasteiger partial charge in [0.2, 0.25) is 6.79 Å². The zero-order valence-electron chi connectivity index (χ0n) is 13.0. The van der Waals surface area contributed by atoms with E-state index in [0.29, 0.717) is 23.7 Å². The number of ether oxygens (including phenoxy) is 2. The van der Waals surface area contributed by atoms with E-state index < -0.39 is 0 Å². The lowest BCUT2D eigenvalue weighted by atomic mass is 9.96. The number of fused-ring (bicyclic) bond motifs is 1. The van der Waals surface area contributed by atoms with Gasteiger partial charge in [-0.25, -0.2) is 4.79 Å². The molecular weight excluding hydrogens is 328 g/mol. The van der Waals surface area contributed by atoms with Crippen LogP contribution in [0.4, 0.5) is 10.5 Å². The van der Waals surface area contributed by atoms with E-state index in [1.54, 1.807) is 18.2 Å². The number of anilines is 1. The molecule has 1 aliphatic carbocycles. The molecular formula is C18H17ClN2O3. The van der Waals surface area contributed by atoms with Crippen molar-refractivity contribution < 1.29 is 14.3 Å². The van der Waals surface area contributed by atoms with E-state index in [9.17, 15) is 4.79 Å². The number of urea groups is 1. The number of carbonyl (C=O) groups excluding carboxylic acids is 1. The second-order valence-electron chi connectivity index (χ2n) is 6.16. The third-order valence-corrected chi connectivity index (χ3v) is 4.78. The van der Waals surface area contributed by atoms with Crippen LogP contribution in [0, 0.1) is 0 Å². The Bertz CT molecular complexity index is 772. The van der Waals surface area contributed by atoms with Crippen molar-refractivity contribution in [3.63, 3.8) is 0 Å². The highest BCUT2D eigenvalue weighted by Crippen LogP contribution is 2.47. The van der Waals surface area contributed by atoms with Crippen LogP contribution in [0.5, 0.6) is 11.5 Å². The largest absolute Gasteiger partial charge is 0.454 e. The van der Waals surface area contributed by atoms with E-state index >= 15 is 0 Å². The van der Waals surface area contributed by atoms with Gasteiger partial charge in [-0.15, -0.1) is 0 Å². The fourth-order valence-corrected chi connectivity index (χ4v) is 3.05. The van der Waals surface area contributed by atoms with Crippen LogP contribution >= 0.6 is 11.6 Å². The predicted octanol–water partition coefficient (Wildman–Crippen LogP) is 3.92. The molecule has 1 fully saturated rings. The molecule has 4 rings (SSSR count). The lowest BCUT2D eigenvalue weighted by Crippen LogP contribution is -2.35. The summed E-state index contributed by atoms with van der Waals surface area (Å²) in [6, 6.07) is 13.0. The first-order valence-corrected chi connectivity index (χ1v) is 8.23. The van der Waals surface area contributed by atoms with Crippen LogP contribution in [0.15, 0.2) is 42.5 Å². The van der Waals surface area contributed by atoms with E-state index in [0.717, 1.165) is 17.9 Å². The summed E-state index contributed by atoms with van der Waals surface area (Å²) in [6.07, 6.45) is 2.14. The van der Waals surface area contributed by atoms with Gasteiger partial charge in [-0.1, -0.05) is 23.7 Å². The fraction of sp³-hybridized carbons (Fsp3) is 0.278. The van der Waals surface area contributed by atoms with Crippen LogP contribution < -0.4 is 20.1 Å². The zero-order valence-corrected chi connectivity index (χ0v) is 13.7. The average Bonchev–Trinajstić information content (AvgIpc) is 3.23. The molecule has 124 valence electrons. The van der Waals surface area contributed by atoms with E-state index in [2.05, 4.69) is 10.6 Å². The molecule has 2 aromatic rings. The Morgan fingerprint density at radius 1 is 1.08 bits per heavy atom. The number of hydrogen-bond donors (Lipinski definition) is 2. The van der Waals surface area contributed by atoms with Crippen molar-refractivity contribution in [1.82, 2.24) is 5.32 Å². The molecule has 1 saturated carbocycles. The normalized spacial score (nSPS) is 16.5. The minimum absolute atomic E-state index is 0.0385. The van der Waals surface area contributed by atoms with Gasteiger partial charge in [-0.2, -0.15) is 0 Å². The molecule has 0 spiro atoms. The average molecular weight is 345 g/mol. The highest BCUT2D eigenvalue weighted by molar-refractivity contribution is 6.30. The maximum absolute atomic E-state index is 12.2. The Balaban J connectivity index is 1.36. The van der Waals surface area contributed by atoms with Gasteiger partial charge >= 0.3 is 6.03 Å².